The smallest absolute Gasteiger partial charge is 0.0787 e. The lowest BCUT2D eigenvalue weighted by molar-refractivity contribution is 0.660. The van der Waals surface area contributed by atoms with Gasteiger partial charge in [0.05, 0.1) is 11.4 Å². The van der Waals surface area contributed by atoms with Gasteiger partial charge in [0.25, 0.3) is 0 Å². The second-order valence-corrected chi connectivity index (χ2v) is 25.4. The summed E-state index contributed by atoms with van der Waals surface area (Å²) in [5.41, 5.74) is 32.9. The molecule has 0 bridgehead atoms. The molecule has 18 rings (SSSR count). The first-order valence-corrected chi connectivity index (χ1v) is 29.2. The van der Waals surface area contributed by atoms with Gasteiger partial charge >= 0.3 is 0 Å². The van der Waals surface area contributed by atoms with Crippen LogP contribution in [0.15, 0.2) is 194 Å². The highest BCUT2D eigenvalue weighted by molar-refractivity contribution is 6.30. The van der Waals surface area contributed by atoms with Crippen LogP contribution in [-0.2, 0) is 10.8 Å². The Morgan fingerprint density at radius 2 is 0.622 bits per heavy atom. The van der Waals surface area contributed by atoms with Gasteiger partial charge < -0.3 is 0 Å². The second kappa shape index (κ2) is 15.7. The molecule has 14 aromatic rings. The number of aromatic nitrogens is 2. The monoisotopic (exact) mass is 1040 g/mol. The van der Waals surface area contributed by atoms with Crippen LogP contribution in [0.5, 0.6) is 0 Å². The molecular formula is C80H56N2. The van der Waals surface area contributed by atoms with E-state index in [1.54, 1.807) is 0 Å². The first-order valence-electron chi connectivity index (χ1n) is 29.2. The fraction of sp³-hybridized carbons (Fsp3) is 0.125. The lowest BCUT2D eigenvalue weighted by Crippen LogP contribution is -2.15. The summed E-state index contributed by atoms with van der Waals surface area (Å²) in [7, 11) is 0. The Hall–Kier alpha value is -9.50. The highest BCUT2D eigenvalue weighted by Gasteiger charge is 2.39. The topological polar surface area (TPSA) is 25.8 Å². The molecule has 0 atom stereocenters. The molecule has 0 amide bonds. The van der Waals surface area contributed by atoms with Crippen molar-refractivity contribution < 1.29 is 0 Å². The summed E-state index contributed by atoms with van der Waals surface area (Å²) in [6, 6.07) is 70.9. The van der Waals surface area contributed by atoms with E-state index in [2.05, 4.69) is 237 Å². The molecule has 2 heteroatoms. The molecule has 2 aromatic heterocycles. The zero-order valence-corrected chi connectivity index (χ0v) is 47.4. The number of aryl methyl sites for hydroxylation is 4. The summed E-state index contributed by atoms with van der Waals surface area (Å²) in [6.45, 7) is 18.6. The SMILES string of the molecule is Cc1ccc2c(c1)c(-c1ccc3c(c1)C(C)(C)c1cc(-c4ccc5c(c4)C(C)(C)c4cc(-c6cc7c8ccc(C)c9c8c(cc7c7ccc(C)cc67)-c6ncccc6-9)ccc4-5)ccc1-3)cc1c3ccc(C)c4c3c(cc21)-c1ncccc1-4. The molecule has 82 heavy (non-hydrogen) atoms. The van der Waals surface area contributed by atoms with Crippen molar-refractivity contribution in [3.05, 3.63) is 239 Å². The summed E-state index contributed by atoms with van der Waals surface area (Å²) in [6.07, 6.45) is 3.88. The van der Waals surface area contributed by atoms with Gasteiger partial charge in [0.2, 0.25) is 0 Å². The van der Waals surface area contributed by atoms with Crippen LogP contribution in [0.4, 0.5) is 0 Å². The van der Waals surface area contributed by atoms with Crippen molar-refractivity contribution in [3.63, 3.8) is 0 Å². The minimum Gasteiger partial charge on any atom is -0.256 e. The number of nitrogens with zero attached hydrogens (tertiary/aromatic N) is 2. The molecule has 4 aliphatic rings. The average molecular weight is 1050 g/mol. The van der Waals surface area contributed by atoms with Crippen molar-refractivity contribution in [2.75, 3.05) is 0 Å². The Morgan fingerprint density at radius 3 is 1.04 bits per heavy atom. The van der Waals surface area contributed by atoms with Crippen molar-refractivity contribution in [1.82, 2.24) is 9.97 Å². The maximum atomic E-state index is 4.96. The molecule has 0 fully saturated rings. The number of fused-ring (bicyclic) bond motifs is 20. The minimum absolute atomic E-state index is 0.215. The Labute approximate surface area is 477 Å². The van der Waals surface area contributed by atoms with Crippen LogP contribution in [0.25, 0.3) is 165 Å². The molecule has 0 spiro atoms. The van der Waals surface area contributed by atoms with E-state index in [0.717, 1.165) is 11.4 Å². The van der Waals surface area contributed by atoms with Crippen LogP contribution < -0.4 is 0 Å². The molecule has 0 unspecified atom stereocenters. The van der Waals surface area contributed by atoms with Gasteiger partial charge in [-0.2, -0.15) is 0 Å². The van der Waals surface area contributed by atoms with E-state index in [1.165, 1.54) is 198 Å². The summed E-state index contributed by atoms with van der Waals surface area (Å²) in [4.78, 5) is 9.92. The van der Waals surface area contributed by atoms with Crippen LogP contribution in [0.1, 0.15) is 72.2 Å². The molecule has 2 heterocycles. The lowest BCUT2D eigenvalue weighted by Gasteiger charge is -2.24. The third-order valence-corrected chi connectivity index (χ3v) is 20.2. The summed E-state index contributed by atoms with van der Waals surface area (Å²) < 4.78 is 0. The number of pyridine rings is 2. The Morgan fingerprint density at radius 1 is 0.268 bits per heavy atom. The van der Waals surface area contributed by atoms with Gasteiger partial charge in [0.15, 0.2) is 0 Å². The number of hydrogen-bond donors (Lipinski definition) is 0. The van der Waals surface area contributed by atoms with E-state index in [9.17, 15) is 0 Å². The quantitative estimate of drug-likeness (QED) is 0.165. The maximum Gasteiger partial charge on any atom is 0.0787 e. The standard InChI is InChI=1S/C80H56N2/c1-41-13-21-49-61(31-41)59(37-65-55-23-15-43(3)73-57-11-9-29-81-77(57)67(75(55)73)39-63(49)65)47-19-27-53-51-25-17-45(33-69(51)79(5,6)71(53)35-47)46-18-26-52-54-28-20-48(36-72(54)80(7,8)70(52)34-46)60-38-66-56-24-16-44(4)74-58-12-10-30-82-78(58)68(76(56)74)40-64(66)50-22-14-42(2)32-62(50)60/h9-40H,1-8H3. The maximum absolute atomic E-state index is 4.96. The minimum atomic E-state index is -0.215. The van der Waals surface area contributed by atoms with Gasteiger partial charge in [-0.15, -0.1) is 0 Å². The van der Waals surface area contributed by atoms with E-state index in [4.69, 9.17) is 9.97 Å². The van der Waals surface area contributed by atoms with E-state index in [-0.39, 0.29) is 10.8 Å². The van der Waals surface area contributed by atoms with Crippen molar-refractivity contribution in [2.24, 2.45) is 0 Å². The fourth-order valence-corrected chi connectivity index (χ4v) is 16.1. The first-order chi connectivity index (χ1) is 39.8. The molecule has 4 aliphatic carbocycles. The molecule has 0 radical (unpaired) electrons. The Bertz CT molecular complexity index is 5040. The van der Waals surface area contributed by atoms with Gasteiger partial charge in [-0.3, -0.25) is 9.97 Å². The highest BCUT2D eigenvalue weighted by atomic mass is 14.7. The number of benzene rings is 12. The molecule has 12 aromatic carbocycles. The average Bonchev–Trinajstić information content (AvgIpc) is 2.87. The predicted octanol–water partition coefficient (Wildman–Crippen LogP) is 21.5. The zero-order chi connectivity index (χ0) is 55.0. The Kier molecular flexibility index (Phi) is 8.85. The van der Waals surface area contributed by atoms with Gasteiger partial charge in [-0.25, -0.2) is 0 Å². The van der Waals surface area contributed by atoms with Crippen LogP contribution in [0, 0.1) is 27.7 Å². The van der Waals surface area contributed by atoms with Crippen LogP contribution in [0.3, 0.4) is 0 Å². The van der Waals surface area contributed by atoms with E-state index < -0.39 is 0 Å². The molecule has 386 valence electrons. The molecule has 2 nitrogen and oxygen atoms in total. The van der Waals surface area contributed by atoms with E-state index in [1.807, 2.05) is 12.4 Å². The number of rotatable bonds is 3. The van der Waals surface area contributed by atoms with E-state index >= 15 is 0 Å². The van der Waals surface area contributed by atoms with Crippen molar-refractivity contribution in [3.8, 4) is 100 Å². The van der Waals surface area contributed by atoms with Gasteiger partial charge in [0, 0.05) is 45.5 Å². The highest BCUT2D eigenvalue weighted by Crippen LogP contribution is 2.57. The predicted molar refractivity (Wildman–Crippen MR) is 346 cm³/mol. The summed E-state index contributed by atoms with van der Waals surface area (Å²) in [5.74, 6) is 0. The third kappa shape index (κ3) is 5.89. The largest absolute Gasteiger partial charge is 0.256 e. The molecule has 0 saturated carbocycles. The van der Waals surface area contributed by atoms with Gasteiger partial charge in [-0.1, -0.05) is 160 Å². The fourth-order valence-electron chi connectivity index (χ4n) is 16.1. The first kappa shape index (κ1) is 46.3. The number of hydrogen-bond acceptors (Lipinski definition) is 2. The summed E-state index contributed by atoms with van der Waals surface area (Å²) >= 11 is 0. The second-order valence-electron chi connectivity index (χ2n) is 25.4. The zero-order valence-electron chi connectivity index (χ0n) is 47.4. The van der Waals surface area contributed by atoms with Crippen LogP contribution >= 0.6 is 0 Å². The summed E-state index contributed by atoms with van der Waals surface area (Å²) in [5, 5.41) is 15.5. The normalized spacial score (nSPS) is 14.3. The van der Waals surface area contributed by atoms with Gasteiger partial charge in [0.1, 0.15) is 0 Å². The van der Waals surface area contributed by atoms with Crippen molar-refractivity contribution in [2.45, 2.75) is 66.2 Å². The van der Waals surface area contributed by atoms with Crippen molar-refractivity contribution >= 4 is 64.6 Å². The van der Waals surface area contributed by atoms with Crippen LogP contribution in [0.2, 0.25) is 0 Å². The molecule has 0 saturated heterocycles. The molecular weight excluding hydrogens is 989 g/mol. The van der Waals surface area contributed by atoms with Crippen molar-refractivity contribution in [1.29, 1.82) is 0 Å². The van der Waals surface area contributed by atoms with E-state index in [0.29, 0.717) is 0 Å². The molecule has 0 aliphatic heterocycles. The Balaban J connectivity index is 0.719. The lowest BCUT2D eigenvalue weighted by atomic mass is 9.79. The van der Waals surface area contributed by atoms with Gasteiger partial charge in [-0.05, 0) is 253 Å². The third-order valence-electron chi connectivity index (χ3n) is 20.2. The van der Waals surface area contributed by atoms with Crippen LogP contribution in [-0.4, -0.2) is 9.97 Å². The molecule has 0 N–H and O–H groups in total.